The molecule has 2 heterocycles. The Labute approximate surface area is 133 Å². The van der Waals surface area contributed by atoms with Crippen molar-refractivity contribution >= 4 is 22.7 Å². The molecule has 0 radical (unpaired) electrons. The number of fused-ring (bicyclic) bond motifs is 1. The highest BCUT2D eigenvalue weighted by Gasteiger charge is 2.26. The van der Waals surface area contributed by atoms with Gasteiger partial charge in [0.05, 0.1) is 23.4 Å². The molecule has 1 aromatic carbocycles. The molecule has 1 aliphatic rings. The normalized spacial score (nSPS) is 20.9. The maximum Gasteiger partial charge on any atom is 0.222 e. The number of rotatable bonds is 3. The number of anilines is 2. The SMILES string of the molecule is Nc1nc(NC2CCCC2O)c2ccc(-c3ccn[nH]3)cc2n1. The zero-order valence-electron chi connectivity index (χ0n) is 12.5. The summed E-state index contributed by atoms with van der Waals surface area (Å²) in [5.74, 6) is 0.892. The van der Waals surface area contributed by atoms with Crippen LogP contribution in [0.5, 0.6) is 0 Å². The van der Waals surface area contributed by atoms with Crippen molar-refractivity contribution in [2.24, 2.45) is 0 Å². The summed E-state index contributed by atoms with van der Waals surface area (Å²) in [4.78, 5) is 8.65. The van der Waals surface area contributed by atoms with Gasteiger partial charge in [0.25, 0.3) is 0 Å². The van der Waals surface area contributed by atoms with Gasteiger partial charge in [-0.15, -0.1) is 0 Å². The van der Waals surface area contributed by atoms with Crippen LogP contribution in [0.2, 0.25) is 0 Å². The third-order valence-electron chi connectivity index (χ3n) is 4.33. The van der Waals surface area contributed by atoms with Crippen LogP contribution < -0.4 is 11.1 Å². The summed E-state index contributed by atoms with van der Waals surface area (Å²) in [6.45, 7) is 0. The number of aromatic nitrogens is 4. The van der Waals surface area contributed by atoms with Gasteiger partial charge in [0.15, 0.2) is 0 Å². The molecule has 0 amide bonds. The monoisotopic (exact) mass is 310 g/mol. The van der Waals surface area contributed by atoms with E-state index in [2.05, 4.69) is 25.5 Å². The topological polar surface area (TPSA) is 113 Å². The van der Waals surface area contributed by atoms with Crippen LogP contribution in [0.1, 0.15) is 19.3 Å². The van der Waals surface area contributed by atoms with Crippen LogP contribution in [0.25, 0.3) is 22.2 Å². The molecule has 7 heteroatoms. The predicted octanol–water partition coefficient (Wildman–Crippen LogP) is 1.93. The molecule has 1 saturated carbocycles. The van der Waals surface area contributed by atoms with Crippen molar-refractivity contribution in [3.8, 4) is 11.3 Å². The molecule has 1 aliphatic carbocycles. The number of aliphatic hydroxyl groups is 1. The Bertz CT molecular complexity index is 832. The molecule has 0 aliphatic heterocycles. The van der Waals surface area contributed by atoms with E-state index < -0.39 is 0 Å². The average Bonchev–Trinajstić information content (AvgIpc) is 3.19. The van der Waals surface area contributed by atoms with E-state index in [1.165, 1.54) is 0 Å². The molecule has 5 N–H and O–H groups in total. The number of hydrogen-bond donors (Lipinski definition) is 4. The van der Waals surface area contributed by atoms with Crippen LogP contribution in [0.15, 0.2) is 30.5 Å². The van der Waals surface area contributed by atoms with Crippen LogP contribution in [0.3, 0.4) is 0 Å². The van der Waals surface area contributed by atoms with Crippen LogP contribution in [0.4, 0.5) is 11.8 Å². The first-order valence-corrected chi connectivity index (χ1v) is 7.72. The molecular formula is C16H18N6O. The first kappa shape index (κ1) is 14.0. The van der Waals surface area contributed by atoms with Gasteiger partial charge in [0, 0.05) is 17.1 Å². The smallest absolute Gasteiger partial charge is 0.222 e. The summed E-state index contributed by atoms with van der Waals surface area (Å²) in [6.07, 6.45) is 4.13. The Kier molecular flexibility index (Phi) is 3.34. The van der Waals surface area contributed by atoms with Crippen molar-refractivity contribution < 1.29 is 5.11 Å². The highest BCUT2D eigenvalue weighted by atomic mass is 16.3. The van der Waals surface area contributed by atoms with Crippen molar-refractivity contribution in [2.75, 3.05) is 11.1 Å². The molecule has 1 fully saturated rings. The highest BCUT2D eigenvalue weighted by Crippen LogP contribution is 2.29. The number of aliphatic hydroxyl groups excluding tert-OH is 1. The van der Waals surface area contributed by atoms with E-state index in [9.17, 15) is 5.11 Å². The number of hydrogen-bond acceptors (Lipinski definition) is 6. The minimum atomic E-state index is -0.342. The van der Waals surface area contributed by atoms with Crippen molar-refractivity contribution in [3.63, 3.8) is 0 Å². The Morgan fingerprint density at radius 1 is 1.22 bits per heavy atom. The number of benzene rings is 1. The number of nitrogens with one attached hydrogen (secondary N) is 2. The van der Waals surface area contributed by atoms with Crippen LogP contribution in [-0.2, 0) is 0 Å². The zero-order chi connectivity index (χ0) is 15.8. The lowest BCUT2D eigenvalue weighted by atomic mass is 10.1. The summed E-state index contributed by atoms with van der Waals surface area (Å²) in [5, 5.41) is 21.1. The Balaban J connectivity index is 1.76. The molecule has 4 rings (SSSR count). The molecular weight excluding hydrogens is 292 g/mol. The van der Waals surface area contributed by atoms with Crippen molar-refractivity contribution in [3.05, 3.63) is 30.5 Å². The second-order valence-corrected chi connectivity index (χ2v) is 5.88. The lowest BCUT2D eigenvalue weighted by Gasteiger charge is -2.18. The number of aromatic amines is 1. The lowest BCUT2D eigenvalue weighted by Crippen LogP contribution is -2.28. The van der Waals surface area contributed by atoms with Gasteiger partial charge in [-0.2, -0.15) is 10.1 Å². The van der Waals surface area contributed by atoms with Gasteiger partial charge in [-0.25, -0.2) is 4.98 Å². The summed E-state index contributed by atoms with van der Waals surface area (Å²) >= 11 is 0. The molecule has 23 heavy (non-hydrogen) atoms. The van der Waals surface area contributed by atoms with E-state index in [1.54, 1.807) is 6.20 Å². The highest BCUT2D eigenvalue weighted by molar-refractivity contribution is 5.92. The van der Waals surface area contributed by atoms with E-state index in [0.29, 0.717) is 5.82 Å². The molecule has 3 aromatic rings. The number of nitrogens with zero attached hydrogens (tertiary/aromatic N) is 3. The zero-order valence-corrected chi connectivity index (χ0v) is 12.5. The third-order valence-corrected chi connectivity index (χ3v) is 4.33. The van der Waals surface area contributed by atoms with E-state index in [4.69, 9.17) is 5.73 Å². The van der Waals surface area contributed by atoms with Crippen molar-refractivity contribution in [1.82, 2.24) is 20.2 Å². The quantitative estimate of drug-likeness (QED) is 0.588. The first-order valence-electron chi connectivity index (χ1n) is 7.72. The average molecular weight is 310 g/mol. The van der Waals surface area contributed by atoms with E-state index in [0.717, 1.165) is 41.4 Å². The fourth-order valence-electron chi connectivity index (χ4n) is 3.13. The van der Waals surface area contributed by atoms with Gasteiger partial charge in [0.1, 0.15) is 5.82 Å². The standard InChI is InChI=1S/C16H18N6O/c17-16-20-13-8-9(11-6-7-18-22-11)4-5-10(13)15(21-16)19-12-2-1-3-14(12)23/h4-8,12,14,23H,1-3H2,(H,18,22)(H3,17,19,20,21). The molecule has 2 aromatic heterocycles. The fourth-order valence-corrected chi connectivity index (χ4v) is 3.13. The Hall–Kier alpha value is -2.67. The molecule has 0 bridgehead atoms. The minimum Gasteiger partial charge on any atom is -0.391 e. The number of H-pyrrole nitrogens is 1. The minimum absolute atomic E-state index is 0.0137. The predicted molar refractivity (Wildman–Crippen MR) is 88.8 cm³/mol. The van der Waals surface area contributed by atoms with Crippen LogP contribution in [0, 0.1) is 0 Å². The molecule has 118 valence electrons. The van der Waals surface area contributed by atoms with E-state index in [-0.39, 0.29) is 18.1 Å². The van der Waals surface area contributed by atoms with E-state index in [1.807, 2.05) is 24.3 Å². The molecule has 2 unspecified atom stereocenters. The fraction of sp³-hybridized carbons (Fsp3) is 0.312. The maximum absolute atomic E-state index is 10.0. The van der Waals surface area contributed by atoms with E-state index >= 15 is 0 Å². The summed E-state index contributed by atoms with van der Waals surface area (Å²) < 4.78 is 0. The van der Waals surface area contributed by atoms with Crippen molar-refractivity contribution in [1.29, 1.82) is 0 Å². The second-order valence-electron chi connectivity index (χ2n) is 5.88. The van der Waals surface area contributed by atoms with Crippen molar-refractivity contribution in [2.45, 2.75) is 31.4 Å². The largest absolute Gasteiger partial charge is 0.391 e. The lowest BCUT2D eigenvalue weighted by molar-refractivity contribution is 0.171. The van der Waals surface area contributed by atoms with Gasteiger partial charge in [-0.3, -0.25) is 5.10 Å². The van der Waals surface area contributed by atoms with Crippen LogP contribution >= 0.6 is 0 Å². The van der Waals surface area contributed by atoms with Gasteiger partial charge in [-0.05, 0) is 37.5 Å². The van der Waals surface area contributed by atoms with Crippen LogP contribution in [-0.4, -0.2) is 37.4 Å². The molecule has 0 saturated heterocycles. The maximum atomic E-state index is 10.0. The van der Waals surface area contributed by atoms with Gasteiger partial charge < -0.3 is 16.2 Å². The Morgan fingerprint density at radius 2 is 2.13 bits per heavy atom. The van der Waals surface area contributed by atoms with Gasteiger partial charge >= 0.3 is 0 Å². The molecule has 7 nitrogen and oxygen atoms in total. The number of nitrogen functional groups attached to an aromatic ring is 1. The Morgan fingerprint density at radius 3 is 2.87 bits per heavy atom. The second kappa shape index (κ2) is 5.51. The molecule has 2 atom stereocenters. The third kappa shape index (κ3) is 2.59. The first-order chi connectivity index (χ1) is 11.2. The summed E-state index contributed by atoms with van der Waals surface area (Å²) in [7, 11) is 0. The summed E-state index contributed by atoms with van der Waals surface area (Å²) in [5.41, 5.74) is 8.53. The van der Waals surface area contributed by atoms with Gasteiger partial charge in [0.2, 0.25) is 5.95 Å². The summed E-state index contributed by atoms with van der Waals surface area (Å²) in [6, 6.07) is 7.83. The molecule has 0 spiro atoms. The number of nitrogens with two attached hydrogens (primary N) is 1. The van der Waals surface area contributed by atoms with Gasteiger partial charge in [-0.1, -0.05) is 6.07 Å².